The molecule has 0 heterocycles. The van der Waals surface area contributed by atoms with Gasteiger partial charge in [-0.3, -0.25) is 5.09 Å². The number of benzene rings is 2. The average Bonchev–Trinajstić information content (AvgIpc) is 2.45. The van der Waals surface area contributed by atoms with Gasteiger partial charge in [0.25, 0.3) is 0 Å². The highest BCUT2D eigenvalue weighted by Crippen LogP contribution is 2.46. The second-order valence-corrected chi connectivity index (χ2v) is 8.89. The molecule has 0 saturated carbocycles. The van der Waals surface area contributed by atoms with Gasteiger partial charge in [0.05, 0.1) is 0 Å². The van der Waals surface area contributed by atoms with Crippen LogP contribution in [-0.2, 0) is 0 Å². The first-order valence-corrected chi connectivity index (χ1v) is 8.49. The summed E-state index contributed by atoms with van der Waals surface area (Å²) in [6.45, 7) is 9.20. The van der Waals surface area contributed by atoms with Crippen LogP contribution in [0.1, 0.15) is 39.3 Å². The summed E-state index contributed by atoms with van der Waals surface area (Å²) in [7, 11) is -0.410. The van der Waals surface area contributed by atoms with Crippen LogP contribution >= 0.6 is 8.07 Å². The van der Waals surface area contributed by atoms with Crippen molar-refractivity contribution in [1.29, 1.82) is 0 Å². The lowest BCUT2D eigenvalue weighted by Crippen LogP contribution is -2.30. The Morgan fingerprint density at radius 2 is 1.35 bits per heavy atom. The van der Waals surface area contributed by atoms with E-state index in [1.165, 1.54) is 10.9 Å². The van der Waals surface area contributed by atoms with Gasteiger partial charge in [-0.2, -0.15) is 0 Å². The molecule has 0 radical (unpaired) electrons. The van der Waals surface area contributed by atoms with Gasteiger partial charge in [0.2, 0.25) is 0 Å². The molecule has 1 nitrogen and oxygen atoms in total. The maximum absolute atomic E-state index is 3.85. The first-order chi connectivity index (χ1) is 9.48. The Kier molecular flexibility index (Phi) is 4.96. The van der Waals surface area contributed by atoms with Gasteiger partial charge in [-0.1, -0.05) is 81.4 Å². The van der Waals surface area contributed by atoms with Crippen LogP contribution in [0.3, 0.4) is 0 Å². The summed E-state index contributed by atoms with van der Waals surface area (Å²) in [5.74, 6) is 0. The van der Waals surface area contributed by atoms with E-state index in [0.717, 1.165) is 0 Å². The van der Waals surface area contributed by atoms with Gasteiger partial charge in [0.15, 0.2) is 0 Å². The first-order valence-electron chi connectivity index (χ1n) is 7.15. The second kappa shape index (κ2) is 6.52. The van der Waals surface area contributed by atoms with Crippen molar-refractivity contribution in [2.24, 2.45) is 0 Å². The third-order valence-electron chi connectivity index (χ3n) is 3.31. The fourth-order valence-corrected chi connectivity index (χ4v) is 4.56. The van der Waals surface area contributed by atoms with Gasteiger partial charge in [-0.15, -0.1) is 0 Å². The maximum Gasteiger partial charge on any atom is 0.0330 e. The van der Waals surface area contributed by atoms with E-state index in [1.54, 1.807) is 0 Å². The van der Waals surface area contributed by atoms with Gasteiger partial charge in [0.1, 0.15) is 0 Å². The van der Waals surface area contributed by atoms with E-state index < -0.39 is 8.07 Å². The summed E-state index contributed by atoms with van der Waals surface area (Å²) in [4.78, 5) is 0. The average molecular weight is 285 g/mol. The fourth-order valence-electron chi connectivity index (χ4n) is 2.24. The summed E-state index contributed by atoms with van der Waals surface area (Å²) in [6.07, 6.45) is 0. The van der Waals surface area contributed by atoms with Crippen molar-refractivity contribution in [3.8, 4) is 0 Å². The third-order valence-corrected chi connectivity index (χ3v) is 6.11. The zero-order valence-corrected chi connectivity index (χ0v) is 13.7. The predicted molar refractivity (Wildman–Crippen MR) is 90.7 cm³/mol. The fraction of sp³-hybridized carbons (Fsp3) is 0.333. The van der Waals surface area contributed by atoms with Gasteiger partial charge < -0.3 is 0 Å². The van der Waals surface area contributed by atoms with Gasteiger partial charge in [0, 0.05) is 6.04 Å². The van der Waals surface area contributed by atoms with Crippen LogP contribution in [0.4, 0.5) is 0 Å². The molecule has 2 aromatic rings. The molecule has 2 aromatic carbocycles. The maximum atomic E-state index is 3.85. The molecule has 0 saturated heterocycles. The van der Waals surface area contributed by atoms with E-state index in [9.17, 15) is 0 Å². The molecule has 0 spiro atoms. The predicted octanol–water partition coefficient (Wildman–Crippen LogP) is 4.86. The highest BCUT2D eigenvalue weighted by molar-refractivity contribution is 7.65. The van der Waals surface area contributed by atoms with Gasteiger partial charge >= 0.3 is 0 Å². The van der Waals surface area contributed by atoms with Crippen molar-refractivity contribution in [2.75, 3.05) is 0 Å². The van der Waals surface area contributed by atoms with Crippen molar-refractivity contribution in [3.63, 3.8) is 0 Å². The molecule has 2 rings (SSSR count). The lowest BCUT2D eigenvalue weighted by Gasteiger charge is -2.34. The first kappa shape index (κ1) is 15.2. The minimum Gasteiger partial charge on any atom is -0.285 e. The second-order valence-electron chi connectivity index (χ2n) is 6.10. The zero-order valence-electron chi connectivity index (χ0n) is 12.8. The monoisotopic (exact) mass is 285 g/mol. The Balaban J connectivity index is 2.22. The van der Waals surface area contributed by atoms with E-state index in [1.807, 2.05) is 0 Å². The molecule has 0 aliphatic carbocycles. The SMILES string of the molecule is CC(NP(c1ccccc1)C(C)(C)C)c1ccccc1. The van der Waals surface area contributed by atoms with Crippen LogP contribution in [0, 0.1) is 0 Å². The summed E-state index contributed by atoms with van der Waals surface area (Å²) in [6, 6.07) is 21.9. The van der Waals surface area contributed by atoms with Gasteiger partial charge in [-0.05, 0) is 31.0 Å². The highest BCUT2D eigenvalue weighted by Gasteiger charge is 2.27. The van der Waals surface area contributed by atoms with Crippen LogP contribution in [-0.4, -0.2) is 5.16 Å². The standard InChI is InChI=1S/C18H24NP/c1-15(16-11-7-5-8-12-16)19-20(18(2,3)4)17-13-9-6-10-14-17/h5-15,19H,1-4H3. The van der Waals surface area contributed by atoms with Crippen LogP contribution in [0.2, 0.25) is 0 Å². The van der Waals surface area contributed by atoms with Crippen molar-refractivity contribution < 1.29 is 0 Å². The minimum atomic E-state index is -0.410. The molecule has 2 unspecified atom stereocenters. The van der Waals surface area contributed by atoms with E-state index in [-0.39, 0.29) is 5.16 Å². The van der Waals surface area contributed by atoms with E-state index in [0.29, 0.717) is 6.04 Å². The van der Waals surface area contributed by atoms with Crippen molar-refractivity contribution in [3.05, 3.63) is 66.2 Å². The summed E-state index contributed by atoms with van der Waals surface area (Å²) >= 11 is 0. The van der Waals surface area contributed by atoms with Crippen LogP contribution in [0.15, 0.2) is 60.7 Å². The number of rotatable bonds is 4. The Bertz CT molecular complexity index is 516. The Morgan fingerprint density at radius 3 is 1.85 bits per heavy atom. The molecule has 2 atom stereocenters. The molecule has 0 aliphatic rings. The largest absolute Gasteiger partial charge is 0.285 e. The highest BCUT2D eigenvalue weighted by atomic mass is 31.1. The molecule has 0 fully saturated rings. The lowest BCUT2D eigenvalue weighted by molar-refractivity contribution is 0.705. The van der Waals surface area contributed by atoms with E-state index >= 15 is 0 Å². The smallest absolute Gasteiger partial charge is 0.0330 e. The number of hydrogen-bond acceptors (Lipinski definition) is 1. The Labute approximate surface area is 124 Å². The normalized spacial score (nSPS) is 14.8. The summed E-state index contributed by atoms with van der Waals surface area (Å²) in [5.41, 5.74) is 1.35. The third kappa shape index (κ3) is 3.91. The molecule has 1 N–H and O–H groups in total. The van der Waals surface area contributed by atoms with Crippen molar-refractivity contribution in [2.45, 2.75) is 38.9 Å². The van der Waals surface area contributed by atoms with E-state index in [2.05, 4.69) is 93.4 Å². The Morgan fingerprint density at radius 1 is 0.850 bits per heavy atom. The zero-order chi connectivity index (χ0) is 14.6. The molecule has 20 heavy (non-hydrogen) atoms. The number of nitrogens with one attached hydrogen (secondary N) is 1. The molecular formula is C18H24NP. The van der Waals surface area contributed by atoms with Crippen LogP contribution < -0.4 is 10.4 Å². The summed E-state index contributed by atoms with van der Waals surface area (Å²) < 4.78 is 0. The molecule has 106 valence electrons. The molecule has 0 aliphatic heterocycles. The number of hydrogen-bond donors (Lipinski definition) is 1. The van der Waals surface area contributed by atoms with Crippen molar-refractivity contribution >= 4 is 13.4 Å². The topological polar surface area (TPSA) is 12.0 Å². The lowest BCUT2D eigenvalue weighted by atomic mass is 10.1. The molecule has 2 heteroatoms. The molecule has 0 amide bonds. The van der Waals surface area contributed by atoms with E-state index in [4.69, 9.17) is 0 Å². The molecule has 0 bridgehead atoms. The van der Waals surface area contributed by atoms with Crippen molar-refractivity contribution in [1.82, 2.24) is 5.09 Å². The van der Waals surface area contributed by atoms with Crippen LogP contribution in [0.5, 0.6) is 0 Å². The molecular weight excluding hydrogens is 261 g/mol. The molecule has 0 aromatic heterocycles. The summed E-state index contributed by atoms with van der Waals surface area (Å²) in [5, 5.41) is 5.50. The Hall–Kier alpha value is -1.17. The van der Waals surface area contributed by atoms with Gasteiger partial charge in [-0.25, -0.2) is 0 Å². The minimum absolute atomic E-state index is 0.236. The quantitative estimate of drug-likeness (QED) is 0.791. The van der Waals surface area contributed by atoms with Crippen LogP contribution in [0.25, 0.3) is 0 Å².